The van der Waals surface area contributed by atoms with Gasteiger partial charge >= 0.3 is 0 Å². The van der Waals surface area contributed by atoms with Crippen molar-refractivity contribution in [2.24, 2.45) is 0 Å². The van der Waals surface area contributed by atoms with Crippen molar-refractivity contribution in [3.05, 3.63) is 42.2 Å². The zero-order valence-corrected chi connectivity index (χ0v) is 15.7. The Bertz CT molecular complexity index is 777. The fourth-order valence-corrected chi connectivity index (χ4v) is 3.91. The van der Waals surface area contributed by atoms with Crippen LogP contribution in [0.2, 0.25) is 0 Å². The first-order valence-corrected chi connectivity index (χ1v) is 9.55. The summed E-state index contributed by atoms with van der Waals surface area (Å²) in [5.74, 6) is 0.771. The van der Waals surface area contributed by atoms with Crippen molar-refractivity contribution in [3.63, 3.8) is 0 Å². The fraction of sp³-hybridized carbons (Fsp3) is 0.500. The van der Waals surface area contributed by atoms with E-state index in [0.29, 0.717) is 11.6 Å². The maximum Gasteiger partial charge on any atom is 0.257 e. The lowest BCUT2D eigenvalue weighted by atomic mass is 10.1. The monoisotopic (exact) mass is 370 g/mol. The van der Waals surface area contributed by atoms with Crippen LogP contribution in [-0.4, -0.2) is 78.0 Å². The molecule has 0 bridgehead atoms. The van der Waals surface area contributed by atoms with Gasteiger partial charge in [-0.05, 0) is 25.0 Å². The molecule has 4 rings (SSSR count). The SMILES string of the molecule is COc1ccccc1-n1cc(C(=O)N2CCN(C3CCOCC3)CC2)cn1. The lowest BCUT2D eigenvalue weighted by Crippen LogP contribution is -2.53. The van der Waals surface area contributed by atoms with Gasteiger partial charge < -0.3 is 14.4 Å². The highest BCUT2D eigenvalue weighted by Gasteiger charge is 2.28. The number of carbonyl (C=O) groups excluding carboxylic acids is 1. The molecule has 7 nitrogen and oxygen atoms in total. The third-order valence-corrected chi connectivity index (χ3v) is 5.47. The number of hydrogen-bond donors (Lipinski definition) is 0. The van der Waals surface area contributed by atoms with Crippen LogP contribution in [0.1, 0.15) is 23.2 Å². The number of methoxy groups -OCH3 is 1. The number of hydrogen-bond acceptors (Lipinski definition) is 5. The van der Waals surface area contributed by atoms with Gasteiger partial charge in [-0.15, -0.1) is 0 Å². The molecule has 3 heterocycles. The van der Waals surface area contributed by atoms with E-state index in [1.807, 2.05) is 29.2 Å². The van der Waals surface area contributed by atoms with Crippen molar-refractivity contribution >= 4 is 5.91 Å². The molecule has 0 N–H and O–H groups in total. The van der Waals surface area contributed by atoms with Crippen molar-refractivity contribution in [2.45, 2.75) is 18.9 Å². The van der Waals surface area contributed by atoms with Gasteiger partial charge in [-0.2, -0.15) is 5.10 Å². The number of aromatic nitrogens is 2. The number of nitrogens with zero attached hydrogens (tertiary/aromatic N) is 4. The van der Waals surface area contributed by atoms with E-state index in [2.05, 4.69) is 10.00 Å². The van der Waals surface area contributed by atoms with E-state index in [1.165, 1.54) is 0 Å². The molecule has 0 radical (unpaired) electrons. The van der Waals surface area contributed by atoms with Gasteiger partial charge in [0.05, 0.1) is 18.9 Å². The van der Waals surface area contributed by atoms with E-state index in [1.54, 1.807) is 24.2 Å². The molecule has 1 aromatic carbocycles. The summed E-state index contributed by atoms with van der Waals surface area (Å²) >= 11 is 0. The second-order valence-electron chi connectivity index (χ2n) is 7.02. The third kappa shape index (κ3) is 3.84. The number of rotatable bonds is 4. The first-order valence-electron chi connectivity index (χ1n) is 9.55. The number of para-hydroxylation sites is 2. The fourth-order valence-electron chi connectivity index (χ4n) is 3.91. The van der Waals surface area contributed by atoms with Crippen LogP contribution in [0.15, 0.2) is 36.7 Å². The highest BCUT2D eigenvalue weighted by Crippen LogP contribution is 2.22. The molecule has 2 aromatic rings. The molecule has 27 heavy (non-hydrogen) atoms. The molecule has 0 saturated carbocycles. The second-order valence-corrected chi connectivity index (χ2v) is 7.02. The minimum absolute atomic E-state index is 0.0442. The predicted octanol–water partition coefficient (Wildman–Crippen LogP) is 1.82. The van der Waals surface area contributed by atoms with Gasteiger partial charge in [0, 0.05) is 51.6 Å². The molecule has 2 fully saturated rings. The molecule has 0 spiro atoms. The summed E-state index contributed by atoms with van der Waals surface area (Å²) in [7, 11) is 1.63. The zero-order valence-electron chi connectivity index (χ0n) is 15.7. The largest absolute Gasteiger partial charge is 0.494 e. The summed E-state index contributed by atoms with van der Waals surface area (Å²) in [6, 6.07) is 8.25. The Morgan fingerprint density at radius 1 is 1.15 bits per heavy atom. The lowest BCUT2D eigenvalue weighted by Gasteiger charge is -2.40. The van der Waals surface area contributed by atoms with E-state index < -0.39 is 0 Å². The van der Waals surface area contributed by atoms with Gasteiger partial charge in [0.1, 0.15) is 11.4 Å². The van der Waals surface area contributed by atoms with Crippen LogP contribution in [0.3, 0.4) is 0 Å². The van der Waals surface area contributed by atoms with Crippen molar-refractivity contribution in [3.8, 4) is 11.4 Å². The van der Waals surface area contributed by atoms with Crippen LogP contribution >= 0.6 is 0 Å². The topological polar surface area (TPSA) is 59.8 Å². The number of ether oxygens (including phenoxy) is 2. The Kier molecular flexibility index (Phi) is 5.40. The van der Waals surface area contributed by atoms with Crippen LogP contribution in [0.4, 0.5) is 0 Å². The maximum absolute atomic E-state index is 12.9. The average Bonchev–Trinajstić information content (AvgIpc) is 3.24. The molecule has 0 aliphatic carbocycles. The Labute approximate surface area is 159 Å². The van der Waals surface area contributed by atoms with Gasteiger partial charge in [-0.1, -0.05) is 12.1 Å². The zero-order chi connectivity index (χ0) is 18.6. The number of piperazine rings is 1. The lowest BCUT2D eigenvalue weighted by molar-refractivity contribution is 0.0137. The van der Waals surface area contributed by atoms with Gasteiger partial charge in [0.2, 0.25) is 0 Å². The summed E-state index contributed by atoms with van der Waals surface area (Å²) in [5, 5.41) is 4.36. The molecule has 144 valence electrons. The summed E-state index contributed by atoms with van der Waals surface area (Å²) < 4.78 is 12.5. The Hall–Kier alpha value is -2.38. The number of benzene rings is 1. The van der Waals surface area contributed by atoms with E-state index in [4.69, 9.17) is 9.47 Å². The maximum atomic E-state index is 12.9. The van der Waals surface area contributed by atoms with E-state index in [0.717, 1.165) is 63.7 Å². The quantitative estimate of drug-likeness (QED) is 0.822. The van der Waals surface area contributed by atoms with E-state index in [-0.39, 0.29) is 5.91 Å². The molecule has 0 unspecified atom stereocenters. The van der Waals surface area contributed by atoms with Crippen molar-refractivity contribution in [1.82, 2.24) is 19.6 Å². The van der Waals surface area contributed by atoms with Crippen LogP contribution in [-0.2, 0) is 4.74 Å². The second kappa shape index (κ2) is 8.10. The molecule has 2 aliphatic heterocycles. The minimum Gasteiger partial charge on any atom is -0.494 e. The molecule has 0 atom stereocenters. The van der Waals surface area contributed by atoms with Gasteiger partial charge in [-0.25, -0.2) is 4.68 Å². The predicted molar refractivity (Wildman–Crippen MR) is 101 cm³/mol. The van der Waals surface area contributed by atoms with Crippen LogP contribution in [0.5, 0.6) is 5.75 Å². The van der Waals surface area contributed by atoms with Crippen molar-refractivity contribution in [1.29, 1.82) is 0 Å². The minimum atomic E-state index is 0.0442. The summed E-state index contributed by atoms with van der Waals surface area (Å²) in [6.45, 7) is 5.08. The molecule has 2 aliphatic rings. The van der Waals surface area contributed by atoms with Crippen LogP contribution in [0, 0.1) is 0 Å². The first kappa shape index (κ1) is 18.0. The molecule has 1 aromatic heterocycles. The standard InChI is InChI=1S/C20H26N4O3/c1-26-19-5-3-2-4-18(19)24-15-16(14-21-24)20(25)23-10-8-22(9-11-23)17-6-12-27-13-7-17/h2-5,14-15,17H,6-13H2,1H3. The Morgan fingerprint density at radius 2 is 1.89 bits per heavy atom. The van der Waals surface area contributed by atoms with Crippen LogP contribution < -0.4 is 4.74 Å². The van der Waals surface area contributed by atoms with Gasteiger partial charge in [0.25, 0.3) is 5.91 Å². The summed E-state index contributed by atoms with van der Waals surface area (Å²) in [6.07, 6.45) is 5.61. The van der Waals surface area contributed by atoms with Crippen LogP contribution in [0.25, 0.3) is 5.69 Å². The van der Waals surface area contributed by atoms with E-state index >= 15 is 0 Å². The molecular formula is C20H26N4O3. The molecule has 2 saturated heterocycles. The smallest absolute Gasteiger partial charge is 0.257 e. The van der Waals surface area contributed by atoms with Crippen molar-refractivity contribution in [2.75, 3.05) is 46.5 Å². The Morgan fingerprint density at radius 3 is 2.63 bits per heavy atom. The summed E-state index contributed by atoms with van der Waals surface area (Å²) in [4.78, 5) is 17.3. The molecular weight excluding hydrogens is 344 g/mol. The van der Waals surface area contributed by atoms with Gasteiger partial charge in [0.15, 0.2) is 0 Å². The van der Waals surface area contributed by atoms with E-state index in [9.17, 15) is 4.79 Å². The normalized spacial score (nSPS) is 19.2. The highest BCUT2D eigenvalue weighted by molar-refractivity contribution is 5.94. The van der Waals surface area contributed by atoms with Gasteiger partial charge in [-0.3, -0.25) is 9.69 Å². The first-order chi connectivity index (χ1) is 13.3. The third-order valence-electron chi connectivity index (χ3n) is 5.47. The highest BCUT2D eigenvalue weighted by atomic mass is 16.5. The average molecular weight is 370 g/mol. The molecule has 1 amide bonds. The molecule has 7 heteroatoms. The number of carbonyl (C=O) groups is 1. The summed E-state index contributed by atoms with van der Waals surface area (Å²) in [5.41, 5.74) is 1.43. The van der Waals surface area contributed by atoms with Crippen molar-refractivity contribution < 1.29 is 14.3 Å². The Balaban J connectivity index is 1.40. The number of amides is 1.